The second kappa shape index (κ2) is 9.79. The van der Waals surface area contributed by atoms with Crippen molar-refractivity contribution in [3.8, 4) is 5.75 Å². The fraction of sp³-hybridized carbons (Fsp3) is 0.333. The van der Waals surface area contributed by atoms with Crippen molar-refractivity contribution < 1.29 is 19.4 Å². The van der Waals surface area contributed by atoms with Crippen LogP contribution in [0.4, 0.5) is 5.69 Å². The van der Waals surface area contributed by atoms with E-state index in [2.05, 4.69) is 41.5 Å². The number of hydrogen-bond acceptors (Lipinski definition) is 4. The Morgan fingerprint density at radius 2 is 1.37 bits per heavy atom. The Hall–Kier alpha value is -3.86. The number of ketones is 1. The summed E-state index contributed by atoms with van der Waals surface area (Å²) < 4.78 is 5.29. The summed E-state index contributed by atoms with van der Waals surface area (Å²) in [7, 11) is 1.58. The number of Topliss-reactive ketones (excluding diaryl/α,β-unsaturated/α-hetero) is 1. The predicted molar refractivity (Wildman–Crippen MR) is 153 cm³/mol. The van der Waals surface area contributed by atoms with Crippen LogP contribution in [0.25, 0.3) is 5.76 Å². The molecule has 1 aliphatic rings. The van der Waals surface area contributed by atoms with Crippen molar-refractivity contribution >= 4 is 23.1 Å². The third-order valence-electron chi connectivity index (χ3n) is 7.25. The molecule has 0 aromatic heterocycles. The number of aliphatic hydroxyl groups is 1. The van der Waals surface area contributed by atoms with Crippen molar-refractivity contribution in [2.24, 2.45) is 0 Å². The van der Waals surface area contributed by atoms with Gasteiger partial charge in [0.2, 0.25) is 0 Å². The highest BCUT2D eigenvalue weighted by molar-refractivity contribution is 6.51. The molecule has 38 heavy (non-hydrogen) atoms. The number of methoxy groups -OCH3 is 1. The molecule has 1 heterocycles. The summed E-state index contributed by atoms with van der Waals surface area (Å²) in [6, 6.07) is 20.1. The molecule has 0 radical (unpaired) electrons. The highest BCUT2D eigenvalue weighted by atomic mass is 16.5. The van der Waals surface area contributed by atoms with Crippen molar-refractivity contribution in [2.45, 2.75) is 65.3 Å². The second-order valence-corrected chi connectivity index (χ2v) is 12.0. The maximum absolute atomic E-state index is 13.6. The smallest absolute Gasteiger partial charge is 0.300 e. The quantitative estimate of drug-likeness (QED) is 0.228. The van der Waals surface area contributed by atoms with E-state index in [4.69, 9.17) is 4.74 Å². The Morgan fingerprint density at radius 1 is 0.816 bits per heavy atom. The number of carbonyl (C=O) groups excluding carboxylic acids is 2. The first-order chi connectivity index (χ1) is 17.7. The number of aryl methyl sites for hydroxylation is 1. The van der Waals surface area contributed by atoms with Crippen LogP contribution in [0.1, 0.15) is 75.4 Å². The normalized spacial score (nSPS) is 17.7. The van der Waals surface area contributed by atoms with E-state index < -0.39 is 17.7 Å². The van der Waals surface area contributed by atoms with Crippen LogP contribution >= 0.6 is 0 Å². The van der Waals surface area contributed by atoms with Crippen molar-refractivity contribution in [3.63, 3.8) is 0 Å². The molecule has 1 atom stereocenters. The van der Waals surface area contributed by atoms with E-state index in [0.717, 1.165) is 22.3 Å². The van der Waals surface area contributed by atoms with E-state index in [1.165, 1.54) is 4.90 Å². The first-order valence-corrected chi connectivity index (χ1v) is 12.9. The fourth-order valence-electron chi connectivity index (χ4n) is 4.81. The Bertz CT molecular complexity index is 1400. The minimum absolute atomic E-state index is 0.0547. The van der Waals surface area contributed by atoms with Gasteiger partial charge in [-0.15, -0.1) is 0 Å². The molecular formula is C33H37NO4. The first-order valence-electron chi connectivity index (χ1n) is 12.9. The lowest BCUT2D eigenvalue weighted by atomic mass is 9.84. The number of aliphatic hydroxyl groups excluding tert-OH is 1. The van der Waals surface area contributed by atoms with Gasteiger partial charge in [0.15, 0.2) is 0 Å². The van der Waals surface area contributed by atoms with Gasteiger partial charge in [-0.3, -0.25) is 14.5 Å². The van der Waals surface area contributed by atoms with Gasteiger partial charge < -0.3 is 9.84 Å². The van der Waals surface area contributed by atoms with Crippen molar-refractivity contribution in [1.29, 1.82) is 0 Å². The number of anilines is 1. The molecule has 0 spiro atoms. The minimum Gasteiger partial charge on any atom is -0.507 e. The molecule has 1 amide bonds. The van der Waals surface area contributed by atoms with Gasteiger partial charge in [0.1, 0.15) is 11.5 Å². The second-order valence-electron chi connectivity index (χ2n) is 12.0. The molecule has 0 saturated carbocycles. The van der Waals surface area contributed by atoms with Crippen LogP contribution in [0.15, 0.2) is 72.3 Å². The van der Waals surface area contributed by atoms with Crippen molar-refractivity contribution in [1.82, 2.24) is 0 Å². The van der Waals surface area contributed by atoms with E-state index in [1.807, 2.05) is 49.4 Å². The molecule has 5 heteroatoms. The molecule has 0 aliphatic carbocycles. The largest absolute Gasteiger partial charge is 0.507 e. The van der Waals surface area contributed by atoms with Crippen LogP contribution < -0.4 is 9.64 Å². The number of nitrogens with zero attached hydrogens (tertiary/aromatic N) is 1. The van der Waals surface area contributed by atoms with Crippen LogP contribution in [0.2, 0.25) is 0 Å². The maximum Gasteiger partial charge on any atom is 0.300 e. The van der Waals surface area contributed by atoms with Crippen LogP contribution in [0.3, 0.4) is 0 Å². The van der Waals surface area contributed by atoms with Crippen molar-refractivity contribution in [3.05, 3.63) is 100 Å². The third-order valence-corrected chi connectivity index (χ3v) is 7.25. The Morgan fingerprint density at radius 3 is 1.89 bits per heavy atom. The van der Waals surface area contributed by atoms with Gasteiger partial charge >= 0.3 is 0 Å². The predicted octanol–water partition coefficient (Wildman–Crippen LogP) is 7.22. The van der Waals surface area contributed by atoms with Crippen molar-refractivity contribution in [2.75, 3.05) is 12.0 Å². The molecule has 1 saturated heterocycles. The van der Waals surface area contributed by atoms with Gasteiger partial charge in [-0.2, -0.15) is 0 Å². The molecule has 1 aliphatic heterocycles. The Balaban J connectivity index is 1.96. The van der Waals surface area contributed by atoms with Crippen LogP contribution in [0, 0.1) is 6.92 Å². The zero-order valence-electron chi connectivity index (χ0n) is 23.5. The van der Waals surface area contributed by atoms with Crippen LogP contribution in [0.5, 0.6) is 5.75 Å². The fourth-order valence-corrected chi connectivity index (χ4v) is 4.81. The Labute approximate surface area is 225 Å². The summed E-state index contributed by atoms with van der Waals surface area (Å²) >= 11 is 0. The van der Waals surface area contributed by atoms with Gasteiger partial charge in [0, 0.05) is 11.3 Å². The maximum atomic E-state index is 13.6. The molecule has 1 unspecified atom stereocenters. The van der Waals surface area contributed by atoms with Gasteiger partial charge in [-0.25, -0.2) is 0 Å². The van der Waals surface area contributed by atoms with E-state index in [-0.39, 0.29) is 22.2 Å². The van der Waals surface area contributed by atoms with E-state index >= 15 is 0 Å². The lowest BCUT2D eigenvalue weighted by Gasteiger charge is -2.27. The molecule has 198 valence electrons. The standard InChI is InChI=1S/C33H37NO4/c1-20-9-12-23(33(5,6)7)19-26(20)29(35)27-28(21-10-13-22(14-11-21)32(2,3)4)34(31(37)30(27)36)24-15-17-25(38-8)18-16-24/h9-19,28,35H,1-8H3/b29-27+. The monoisotopic (exact) mass is 511 g/mol. The average Bonchev–Trinajstić information content (AvgIpc) is 3.13. The topological polar surface area (TPSA) is 66.8 Å². The number of carbonyl (C=O) groups is 2. The molecule has 5 nitrogen and oxygen atoms in total. The highest BCUT2D eigenvalue weighted by Gasteiger charge is 2.47. The molecule has 4 rings (SSSR count). The lowest BCUT2D eigenvalue weighted by Crippen LogP contribution is -2.29. The SMILES string of the molecule is COc1ccc(N2C(=O)C(=O)/C(=C(/O)c3cc(C(C)(C)C)ccc3C)C2c2ccc(C(C)(C)C)cc2)cc1. The molecule has 0 bridgehead atoms. The molecule has 1 fully saturated rings. The summed E-state index contributed by atoms with van der Waals surface area (Å²) in [5.74, 6) is -0.895. The zero-order valence-corrected chi connectivity index (χ0v) is 23.5. The highest BCUT2D eigenvalue weighted by Crippen LogP contribution is 2.43. The van der Waals surface area contributed by atoms with E-state index in [9.17, 15) is 14.7 Å². The summed E-state index contributed by atoms with van der Waals surface area (Å²) in [4.78, 5) is 28.6. The third kappa shape index (κ3) is 4.98. The zero-order chi connectivity index (χ0) is 28.0. The summed E-state index contributed by atoms with van der Waals surface area (Å²) in [5.41, 5.74) is 4.73. The van der Waals surface area contributed by atoms with Gasteiger partial charge in [0.25, 0.3) is 11.7 Å². The lowest BCUT2D eigenvalue weighted by molar-refractivity contribution is -0.132. The average molecular weight is 512 g/mol. The molecule has 3 aromatic rings. The van der Waals surface area contributed by atoms with Crippen LogP contribution in [-0.2, 0) is 20.4 Å². The van der Waals surface area contributed by atoms with Gasteiger partial charge in [-0.05, 0) is 70.3 Å². The van der Waals surface area contributed by atoms with Gasteiger partial charge in [0.05, 0.1) is 18.7 Å². The molecular weight excluding hydrogens is 474 g/mol. The summed E-state index contributed by atoms with van der Waals surface area (Å²) in [6.07, 6.45) is 0. The number of ether oxygens (including phenoxy) is 1. The number of benzene rings is 3. The number of amides is 1. The number of hydrogen-bond donors (Lipinski definition) is 1. The first kappa shape index (κ1) is 27.2. The molecule has 3 aromatic carbocycles. The van der Waals surface area contributed by atoms with Gasteiger partial charge in [-0.1, -0.05) is 77.9 Å². The van der Waals surface area contributed by atoms with Crippen LogP contribution in [-0.4, -0.2) is 23.9 Å². The summed E-state index contributed by atoms with van der Waals surface area (Å²) in [6.45, 7) is 14.6. The van der Waals surface area contributed by atoms with E-state index in [1.54, 1.807) is 31.4 Å². The summed E-state index contributed by atoms with van der Waals surface area (Å²) in [5, 5.41) is 11.7. The molecule has 1 N–H and O–H groups in total. The van der Waals surface area contributed by atoms with E-state index in [0.29, 0.717) is 17.0 Å². The minimum atomic E-state index is -0.782. The Kier molecular flexibility index (Phi) is 7.00. The number of rotatable bonds is 4.